The van der Waals surface area contributed by atoms with Crippen molar-refractivity contribution in [2.24, 2.45) is 17.8 Å². The molecule has 0 radical (unpaired) electrons. The fraction of sp³-hybridized carbons (Fsp3) is 0.905. The van der Waals surface area contributed by atoms with E-state index < -0.39 is 0 Å². The Balaban J connectivity index is 2.48. The molecule has 146 valence electrons. The van der Waals surface area contributed by atoms with Gasteiger partial charge in [-0.3, -0.25) is 9.59 Å². The second kappa shape index (κ2) is 12.3. The van der Waals surface area contributed by atoms with Gasteiger partial charge in [0.25, 0.3) is 0 Å². The van der Waals surface area contributed by atoms with Crippen LogP contribution in [0.15, 0.2) is 0 Å². The zero-order valence-electron chi connectivity index (χ0n) is 16.7. The molecule has 0 aliphatic heterocycles. The lowest BCUT2D eigenvalue weighted by atomic mass is 9.79. The lowest BCUT2D eigenvalue weighted by Crippen LogP contribution is -2.37. The molecule has 1 aliphatic rings. The predicted molar refractivity (Wildman–Crippen MR) is 100 cm³/mol. The van der Waals surface area contributed by atoms with Gasteiger partial charge in [-0.05, 0) is 31.6 Å². The number of carbonyl (C=O) groups excluding carboxylic acids is 2. The molecule has 25 heavy (non-hydrogen) atoms. The van der Waals surface area contributed by atoms with Gasteiger partial charge in [0.1, 0.15) is 6.10 Å². The van der Waals surface area contributed by atoms with Crippen LogP contribution in [0.1, 0.15) is 91.9 Å². The third-order valence-electron chi connectivity index (χ3n) is 5.28. The molecule has 0 amide bonds. The third kappa shape index (κ3) is 7.79. The van der Waals surface area contributed by atoms with Crippen LogP contribution in [-0.4, -0.2) is 24.6 Å². The van der Waals surface area contributed by atoms with Crippen LogP contribution in [0.2, 0.25) is 0 Å². The smallest absolute Gasteiger partial charge is 0.310 e. The predicted octanol–water partition coefficient (Wildman–Crippen LogP) is 5.28. The first-order chi connectivity index (χ1) is 12.0. The van der Waals surface area contributed by atoms with Gasteiger partial charge in [0.15, 0.2) is 0 Å². The topological polar surface area (TPSA) is 52.6 Å². The van der Waals surface area contributed by atoms with Crippen LogP contribution in [0.5, 0.6) is 0 Å². The number of hydrogen-bond donors (Lipinski definition) is 0. The van der Waals surface area contributed by atoms with Crippen LogP contribution in [-0.2, 0) is 19.1 Å². The Kier molecular flexibility index (Phi) is 10.8. The molecule has 0 aromatic heterocycles. The van der Waals surface area contributed by atoms with E-state index in [0.29, 0.717) is 12.5 Å². The third-order valence-corrected chi connectivity index (χ3v) is 5.28. The summed E-state index contributed by atoms with van der Waals surface area (Å²) >= 11 is 0. The Morgan fingerprint density at radius 1 is 0.920 bits per heavy atom. The van der Waals surface area contributed by atoms with Crippen molar-refractivity contribution in [2.75, 3.05) is 6.61 Å². The number of unbranched alkanes of at least 4 members (excludes halogenated alkanes) is 4. The Bertz CT molecular complexity index is 391. The zero-order chi connectivity index (χ0) is 18.7. The Morgan fingerprint density at radius 2 is 1.52 bits per heavy atom. The van der Waals surface area contributed by atoms with E-state index in [1.54, 1.807) is 0 Å². The maximum atomic E-state index is 12.6. The second-order valence-electron chi connectivity index (χ2n) is 7.71. The van der Waals surface area contributed by atoms with Crippen molar-refractivity contribution in [3.63, 3.8) is 0 Å². The Morgan fingerprint density at radius 3 is 2.08 bits per heavy atom. The first kappa shape index (κ1) is 22.0. The highest BCUT2D eigenvalue weighted by Gasteiger charge is 2.38. The molecule has 1 saturated carbocycles. The first-order valence-corrected chi connectivity index (χ1v) is 10.4. The molecule has 0 heterocycles. The second-order valence-corrected chi connectivity index (χ2v) is 7.71. The average molecular weight is 355 g/mol. The van der Waals surface area contributed by atoms with Crippen LogP contribution < -0.4 is 0 Å². The number of esters is 2. The quantitative estimate of drug-likeness (QED) is 0.374. The summed E-state index contributed by atoms with van der Waals surface area (Å²) in [5, 5.41) is 0. The van der Waals surface area contributed by atoms with E-state index >= 15 is 0 Å². The fourth-order valence-corrected chi connectivity index (χ4v) is 3.61. The van der Waals surface area contributed by atoms with E-state index in [1.165, 1.54) is 19.3 Å². The summed E-state index contributed by atoms with van der Waals surface area (Å²) in [5.74, 6) is -0.748. The summed E-state index contributed by atoms with van der Waals surface area (Å²) in [4.78, 5) is 25.1. The maximum absolute atomic E-state index is 12.6. The highest BCUT2D eigenvalue weighted by atomic mass is 16.5. The van der Waals surface area contributed by atoms with Crippen molar-refractivity contribution in [1.82, 2.24) is 0 Å². The number of rotatable bonds is 11. The molecule has 0 aromatic rings. The number of carbonyl (C=O) groups is 2. The number of hydrogen-bond acceptors (Lipinski definition) is 4. The van der Waals surface area contributed by atoms with Crippen molar-refractivity contribution in [1.29, 1.82) is 0 Å². The van der Waals surface area contributed by atoms with E-state index in [1.807, 2.05) is 6.92 Å². The molecular weight excluding hydrogens is 316 g/mol. The normalized spacial score (nSPS) is 21.8. The van der Waals surface area contributed by atoms with Crippen LogP contribution in [0.4, 0.5) is 0 Å². The molecule has 1 fully saturated rings. The van der Waals surface area contributed by atoms with Crippen molar-refractivity contribution in [3.05, 3.63) is 0 Å². The van der Waals surface area contributed by atoms with Crippen LogP contribution in [0.3, 0.4) is 0 Å². The molecule has 3 unspecified atom stereocenters. The largest absolute Gasteiger partial charge is 0.465 e. The average Bonchev–Trinajstić information content (AvgIpc) is 2.61. The molecule has 0 N–H and O–H groups in total. The van der Waals surface area contributed by atoms with Crippen LogP contribution in [0, 0.1) is 17.8 Å². The minimum Gasteiger partial charge on any atom is -0.465 e. The van der Waals surface area contributed by atoms with Gasteiger partial charge in [-0.2, -0.15) is 0 Å². The summed E-state index contributed by atoms with van der Waals surface area (Å²) in [6.45, 7) is 8.82. The SMILES string of the molecule is CCCCCCCOC(=O)C1CCCCC1C(=O)OC(CC)C(C)C. The van der Waals surface area contributed by atoms with E-state index in [-0.39, 0.29) is 29.9 Å². The van der Waals surface area contributed by atoms with E-state index in [2.05, 4.69) is 20.8 Å². The molecule has 0 saturated heterocycles. The van der Waals surface area contributed by atoms with Gasteiger partial charge in [0, 0.05) is 0 Å². The van der Waals surface area contributed by atoms with Gasteiger partial charge >= 0.3 is 11.9 Å². The minimum absolute atomic E-state index is 0.0651. The molecule has 0 bridgehead atoms. The van der Waals surface area contributed by atoms with Crippen molar-refractivity contribution >= 4 is 11.9 Å². The lowest BCUT2D eigenvalue weighted by molar-refractivity contribution is -0.167. The molecule has 0 aromatic carbocycles. The monoisotopic (exact) mass is 354 g/mol. The summed E-state index contributed by atoms with van der Waals surface area (Å²) in [6, 6.07) is 0. The highest BCUT2D eigenvalue weighted by molar-refractivity contribution is 5.82. The van der Waals surface area contributed by atoms with E-state index in [9.17, 15) is 9.59 Å². The summed E-state index contributed by atoms with van der Waals surface area (Å²) in [7, 11) is 0. The number of ether oxygens (including phenoxy) is 2. The minimum atomic E-state index is -0.325. The van der Waals surface area contributed by atoms with Gasteiger partial charge < -0.3 is 9.47 Å². The Labute approximate surface area is 154 Å². The first-order valence-electron chi connectivity index (χ1n) is 10.4. The lowest BCUT2D eigenvalue weighted by Gasteiger charge is -2.30. The molecule has 4 nitrogen and oxygen atoms in total. The van der Waals surface area contributed by atoms with Gasteiger partial charge in [0.05, 0.1) is 18.4 Å². The molecular formula is C21H38O4. The molecule has 1 rings (SSSR count). The van der Waals surface area contributed by atoms with Gasteiger partial charge in [0.2, 0.25) is 0 Å². The Hall–Kier alpha value is -1.06. The molecule has 4 heteroatoms. The summed E-state index contributed by atoms with van der Waals surface area (Å²) in [6.07, 6.45) is 9.85. The van der Waals surface area contributed by atoms with Gasteiger partial charge in [-0.1, -0.05) is 66.2 Å². The van der Waals surface area contributed by atoms with Crippen LogP contribution in [0.25, 0.3) is 0 Å². The molecule has 3 atom stereocenters. The zero-order valence-corrected chi connectivity index (χ0v) is 16.7. The van der Waals surface area contributed by atoms with E-state index in [0.717, 1.165) is 44.9 Å². The molecule has 0 spiro atoms. The maximum Gasteiger partial charge on any atom is 0.310 e. The van der Waals surface area contributed by atoms with Gasteiger partial charge in [-0.25, -0.2) is 0 Å². The van der Waals surface area contributed by atoms with Crippen molar-refractivity contribution in [3.8, 4) is 0 Å². The van der Waals surface area contributed by atoms with Crippen molar-refractivity contribution < 1.29 is 19.1 Å². The standard InChI is InChI=1S/C21H38O4/c1-5-7-8-9-12-15-24-20(22)17-13-10-11-14-18(17)21(23)25-19(6-2)16(3)4/h16-19H,5-15H2,1-4H3. The van der Waals surface area contributed by atoms with Crippen molar-refractivity contribution in [2.45, 2.75) is 98.0 Å². The summed E-state index contributed by atoms with van der Waals surface area (Å²) in [5.41, 5.74) is 0. The van der Waals surface area contributed by atoms with E-state index in [4.69, 9.17) is 9.47 Å². The fourth-order valence-electron chi connectivity index (χ4n) is 3.61. The van der Waals surface area contributed by atoms with Gasteiger partial charge in [-0.15, -0.1) is 0 Å². The summed E-state index contributed by atoms with van der Waals surface area (Å²) < 4.78 is 11.2. The van der Waals surface area contributed by atoms with Crippen LogP contribution >= 0.6 is 0 Å². The highest BCUT2D eigenvalue weighted by Crippen LogP contribution is 2.33. The molecule has 1 aliphatic carbocycles.